The van der Waals surface area contributed by atoms with Gasteiger partial charge in [0.15, 0.2) is 0 Å². The van der Waals surface area contributed by atoms with E-state index in [-0.39, 0.29) is 0 Å². The smallest absolute Gasteiger partial charge is 0.119 e. The Morgan fingerprint density at radius 2 is 2.00 bits per heavy atom. The van der Waals surface area contributed by atoms with Gasteiger partial charge >= 0.3 is 0 Å². The van der Waals surface area contributed by atoms with Crippen molar-refractivity contribution in [3.05, 3.63) is 41.2 Å². The lowest BCUT2D eigenvalue weighted by atomic mass is 9.90. The number of rotatable bonds is 3. The van der Waals surface area contributed by atoms with Crippen LogP contribution >= 0.6 is 0 Å². The average molecular weight is 285 g/mol. The van der Waals surface area contributed by atoms with Crippen LogP contribution < -0.4 is 10.1 Å². The molecule has 3 rings (SSSR count). The SMILES string of the molecule is COc1ccc(-n2nc(C)c(C3CCCNC3)c2C)cc1. The molecule has 0 aliphatic carbocycles. The van der Waals surface area contributed by atoms with Crippen LogP contribution in [0.25, 0.3) is 5.69 Å². The minimum atomic E-state index is 0.589. The van der Waals surface area contributed by atoms with E-state index in [4.69, 9.17) is 9.84 Å². The van der Waals surface area contributed by atoms with Crippen molar-refractivity contribution in [1.29, 1.82) is 0 Å². The second-order valence-corrected chi connectivity index (χ2v) is 5.74. The van der Waals surface area contributed by atoms with E-state index >= 15 is 0 Å². The summed E-state index contributed by atoms with van der Waals surface area (Å²) in [6.07, 6.45) is 2.50. The van der Waals surface area contributed by atoms with Crippen molar-refractivity contribution in [3.8, 4) is 11.4 Å². The van der Waals surface area contributed by atoms with E-state index in [0.717, 1.165) is 30.2 Å². The number of nitrogens with one attached hydrogen (secondary N) is 1. The molecule has 2 aromatic rings. The first kappa shape index (κ1) is 14.1. The fraction of sp³-hybridized carbons (Fsp3) is 0.471. The number of benzene rings is 1. The van der Waals surface area contributed by atoms with Gasteiger partial charge in [0.25, 0.3) is 0 Å². The number of aryl methyl sites for hydroxylation is 1. The van der Waals surface area contributed by atoms with Crippen molar-refractivity contribution >= 4 is 0 Å². The summed E-state index contributed by atoms with van der Waals surface area (Å²) in [5.41, 5.74) is 4.91. The second-order valence-electron chi connectivity index (χ2n) is 5.74. The maximum atomic E-state index is 5.22. The van der Waals surface area contributed by atoms with Crippen molar-refractivity contribution in [2.24, 2.45) is 0 Å². The third-order valence-corrected chi connectivity index (χ3v) is 4.37. The van der Waals surface area contributed by atoms with Crippen LogP contribution in [-0.4, -0.2) is 30.0 Å². The van der Waals surface area contributed by atoms with E-state index in [1.807, 2.05) is 12.1 Å². The molecule has 1 unspecified atom stereocenters. The number of piperidine rings is 1. The molecule has 0 bridgehead atoms. The highest BCUT2D eigenvalue weighted by Gasteiger charge is 2.23. The van der Waals surface area contributed by atoms with Gasteiger partial charge in [0, 0.05) is 23.7 Å². The van der Waals surface area contributed by atoms with E-state index in [2.05, 4.69) is 36.0 Å². The van der Waals surface area contributed by atoms with Gasteiger partial charge in [-0.05, 0) is 57.5 Å². The van der Waals surface area contributed by atoms with Gasteiger partial charge in [-0.2, -0.15) is 5.10 Å². The van der Waals surface area contributed by atoms with Crippen LogP contribution in [-0.2, 0) is 0 Å². The van der Waals surface area contributed by atoms with E-state index in [1.165, 1.54) is 24.1 Å². The number of hydrogen-bond donors (Lipinski definition) is 1. The molecule has 0 radical (unpaired) electrons. The van der Waals surface area contributed by atoms with Crippen molar-refractivity contribution < 1.29 is 4.74 Å². The van der Waals surface area contributed by atoms with E-state index in [0.29, 0.717) is 5.92 Å². The Kier molecular flexibility index (Phi) is 3.97. The van der Waals surface area contributed by atoms with Crippen LogP contribution in [0, 0.1) is 13.8 Å². The second kappa shape index (κ2) is 5.90. The predicted molar refractivity (Wildman–Crippen MR) is 84.4 cm³/mol. The lowest BCUT2D eigenvalue weighted by molar-refractivity contribution is 0.414. The summed E-state index contributed by atoms with van der Waals surface area (Å²) in [5.74, 6) is 1.46. The lowest BCUT2D eigenvalue weighted by Gasteiger charge is -2.23. The van der Waals surface area contributed by atoms with Gasteiger partial charge in [0.2, 0.25) is 0 Å². The summed E-state index contributed by atoms with van der Waals surface area (Å²) in [5, 5.41) is 8.26. The van der Waals surface area contributed by atoms with E-state index in [1.54, 1.807) is 7.11 Å². The number of hydrogen-bond acceptors (Lipinski definition) is 3. The zero-order valence-corrected chi connectivity index (χ0v) is 13.0. The van der Waals surface area contributed by atoms with Crippen molar-refractivity contribution in [2.45, 2.75) is 32.6 Å². The van der Waals surface area contributed by atoms with Gasteiger partial charge in [-0.15, -0.1) is 0 Å². The highest BCUT2D eigenvalue weighted by molar-refractivity contribution is 5.41. The van der Waals surface area contributed by atoms with Gasteiger partial charge in [0.1, 0.15) is 5.75 Å². The number of aromatic nitrogens is 2. The van der Waals surface area contributed by atoms with Crippen LogP contribution in [0.5, 0.6) is 5.75 Å². The highest BCUT2D eigenvalue weighted by Crippen LogP contribution is 2.30. The Hall–Kier alpha value is -1.81. The van der Waals surface area contributed by atoms with Crippen LogP contribution in [0.2, 0.25) is 0 Å². The minimum Gasteiger partial charge on any atom is -0.497 e. The Balaban J connectivity index is 1.96. The quantitative estimate of drug-likeness (QED) is 0.942. The number of methoxy groups -OCH3 is 1. The Morgan fingerprint density at radius 1 is 1.24 bits per heavy atom. The summed E-state index contributed by atoms with van der Waals surface area (Å²) in [6.45, 7) is 6.50. The molecule has 4 heteroatoms. The topological polar surface area (TPSA) is 39.1 Å². The molecule has 1 aromatic carbocycles. The normalized spacial score (nSPS) is 18.7. The highest BCUT2D eigenvalue weighted by atomic mass is 16.5. The Labute approximate surface area is 126 Å². The van der Waals surface area contributed by atoms with Crippen molar-refractivity contribution in [2.75, 3.05) is 20.2 Å². The summed E-state index contributed by atoms with van der Waals surface area (Å²) < 4.78 is 7.28. The first-order chi connectivity index (χ1) is 10.2. The van der Waals surface area contributed by atoms with Gasteiger partial charge in [-0.25, -0.2) is 4.68 Å². The van der Waals surface area contributed by atoms with Crippen LogP contribution in [0.15, 0.2) is 24.3 Å². The zero-order chi connectivity index (χ0) is 14.8. The van der Waals surface area contributed by atoms with Crippen LogP contribution in [0.1, 0.15) is 35.7 Å². The molecule has 1 aliphatic rings. The summed E-state index contributed by atoms with van der Waals surface area (Å²) in [6, 6.07) is 8.07. The van der Waals surface area contributed by atoms with Gasteiger partial charge in [-0.1, -0.05) is 0 Å². The summed E-state index contributed by atoms with van der Waals surface area (Å²) in [7, 11) is 1.69. The first-order valence-electron chi connectivity index (χ1n) is 7.62. The molecular formula is C17H23N3O. The van der Waals surface area contributed by atoms with Crippen LogP contribution in [0.3, 0.4) is 0 Å². The molecular weight excluding hydrogens is 262 g/mol. The molecule has 1 fully saturated rings. The predicted octanol–water partition coefficient (Wildman–Crippen LogP) is 2.96. The molecule has 0 amide bonds. The third kappa shape index (κ3) is 2.68. The maximum absolute atomic E-state index is 5.22. The lowest BCUT2D eigenvalue weighted by Crippen LogP contribution is -2.28. The van der Waals surface area contributed by atoms with E-state index in [9.17, 15) is 0 Å². The molecule has 0 spiro atoms. The molecule has 1 saturated heterocycles. The maximum Gasteiger partial charge on any atom is 0.119 e. The van der Waals surface area contributed by atoms with Crippen LogP contribution in [0.4, 0.5) is 0 Å². The number of nitrogens with zero attached hydrogens (tertiary/aromatic N) is 2. The van der Waals surface area contributed by atoms with Crippen molar-refractivity contribution in [3.63, 3.8) is 0 Å². The Morgan fingerprint density at radius 3 is 2.62 bits per heavy atom. The molecule has 0 saturated carbocycles. The molecule has 112 valence electrons. The first-order valence-corrected chi connectivity index (χ1v) is 7.62. The van der Waals surface area contributed by atoms with Crippen molar-refractivity contribution in [1.82, 2.24) is 15.1 Å². The summed E-state index contributed by atoms with van der Waals surface area (Å²) >= 11 is 0. The van der Waals surface area contributed by atoms with Gasteiger partial charge in [-0.3, -0.25) is 0 Å². The minimum absolute atomic E-state index is 0.589. The Bertz CT molecular complexity index is 610. The molecule has 21 heavy (non-hydrogen) atoms. The third-order valence-electron chi connectivity index (χ3n) is 4.37. The standard InChI is InChI=1S/C17H23N3O/c1-12-17(14-5-4-10-18-11-14)13(2)20(19-12)15-6-8-16(21-3)9-7-15/h6-9,14,18H,4-5,10-11H2,1-3H3. The molecule has 1 N–H and O–H groups in total. The largest absolute Gasteiger partial charge is 0.497 e. The zero-order valence-electron chi connectivity index (χ0n) is 13.0. The molecule has 4 nitrogen and oxygen atoms in total. The molecule has 1 aromatic heterocycles. The fourth-order valence-corrected chi connectivity index (χ4v) is 3.32. The average Bonchev–Trinajstić information content (AvgIpc) is 2.83. The molecule has 1 aliphatic heterocycles. The summed E-state index contributed by atoms with van der Waals surface area (Å²) in [4.78, 5) is 0. The fourth-order valence-electron chi connectivity index (χ4n) is 3.32. The molecule has 1 atom stereocenters. The van der Waals surface area contributed by atoms with Gasteiger partial charge in [0.05, 0.1) is 18.5 Å². The molecule has 2 heterocycles. The number of ether oxygens (including phenoxy) is 1. The van der Waals surface area contributed by atoms with E-state index < -0.39 is 0 Å². The van der Waals surface area contributed by atoms with Gasteiger partial charge < -0.3 is 10.1 Å². The monoisotopic (exact) mass is 285 g/mol.